The normalized spacial score (nSPS) is 17.9. The largest absolute Gasteiger partial charge is 0.493 e. The van der Waals surface area contributed by atoms with Gasteiger partial charge in [-0.25, -0.2) is 0 Å². The Bertz CT molecular complexity index is 1290. The molecule has 2 aromatic carbocycles. The van der Waals surface area contributed by atoms with E-state index in [4.69, 9.17) is 9.47 Å². The van der Waals surface area contributed by atoms with Crippen LogP contribution >= 0.6 is 0 Å². The number of aromatic amines is 1. The van der Waals surface area contributed by atoms with Gasteiger partial charge in [0, 0.05) is 23.4 Å². The van der Waals surface area contributed by atoms with E-state index in [1.807, 2.05) is 43.0 Å². The summed E-state index contributed by atoms with van der Waals surface area (Å²) in [5, 5.41) is 1.01. The summed E-state index contributed by atoms with van der Waals surface area (Å²) in [4.78, 5) is 31.7. The molecule has 1 aliphatic heterocycles. The van der Waals surface area contributed by atoms with Gasteiger partial charge in [0.25, 0.3) is 5.56 Å². The predicted octanol–water partition coefficient (Wildman–Crippen LogP) is 4.05. The molecule has 6 nitrogen and oxygen atoms in total. The summed E-state index contributed by atoms with van der Waals surface area (Å²) < 4.78 is 11.1. The van der Waals surface area contributed by atoms with E-state index in [1.54, 1.807) is 14.2 Å². The molecule has 1 amide bonds. The zero-order valence-electron chi connectivity index (χ0n) is 19.0. The van der Waals surface area contributed by atoms with E-state index in [-0.39, 0.29) is 17.4 Å². The van der Waals surface area contributed by atoms with Crippen LogP contribution < -0.4 is 15.0 Å². The number of benzene rings is 2. The summed E-state index contributed by atoms with van der Waals surface area (Å²) in [5.41, 5.74) is 5.40. The highest BCUT2D eigenvalue weighted by Crippen LogP contribution is 2.43. The molecule has 1 saturated carbocycles. The lowest BCUT2D eigenvalue weighted by Gasteiger charge is -2.38. The summed E-state index contributed by atoms with van der Waals surface area (Å²) in [7, 11) is 3.22. The molecule has 1 aliphatic carbocycles. The smallest absolute Gasteiger partial charge is 0.254 e. The van der Waals surface area contributed by atoms with E-state index in [9.17, 15) is 9.59 Å². The maximum atomic E-state index is 13.4. The molecule has 1 fully saturated rings. The number of aromatic nitrogens is 1. The third-order valence-electron chi connectivity index (χ3n) is 6.85. The molecule has 1 atom stereocenters. The predicted molar refractivity (Wildman–Crippen MR) is 124 cm³/mol. The molecule has 0 saturated heterocycles. The molecule has 3 aromatic rings. The van der Waals surface area contributed by atoms with Crippen molar-refractivity contribution in [2.24, 2.45) is 5.92 Å². The van der Waals surface area contributed by atoms with Gasteiger partial charge in [-0.3, -0.25) is 9.59 Å². The van der Waals surface area contributed by atoms with Crippen molar-refractivity contribution < 1.29 is 14.3 Å². The van der Waals surface area contributed by atoms with Gasteiger partial charge in [-0.05, 0) is 73.6 Å². The van der Waals surface area contributed by atoms with Crippen molar-refractivity contribution in [3.05, 3.63) is 68.5 Å². The van der Waals surface area contributed by atoms with Crippen LogP contribution in [-0.4, -0.2) is 36.6 Å². The van der Waals surface area contributed by atoms with E-state index in [0.717, 1.165) is 46.0 Å². The Balaban J connectivity index is 1.76. The molecule has 0 unspecified atom stereocenters. The van der Waals surface area contributed by atoms with Crippen LogP contribution in [0.4, 0.5) is 0 Å². The van der Waals surface area contributed by atoms with Gasteiger partial charge in [0.2, 0.25) is 5.91 Å². The second kappa shape index (κ2) is 7.69. The van der Waals surface area contributed by atoms with Gasteiger partial charge < -0.3 is 19.4 Å². The van der Waals surface area contributed by atoms with Crippen LogP contribution in [-0.2, 0) is 11.2 Å². The SMILES string of the molecule is COc1cc2c(cc1OC)[C@H](c1cc3c(C)ccc(C)c3[nH]c1=O)N(C(=O)C1CC1)CC2. The van der Waals surface area contributed by atoms with Crippen molar-refractivity contribution in [1.29, 1.82) is 0 Å². The molecule has 0 radical (unpaired) electrons. The first-order valence-corrected chi connectivity index (χ1v) is 11.1. The first kappa shape index (κ1) is 20.6. The van der Waals surface area contributed by atoms with Gasteiger partial charge in [0.1, 0.15) is 0 Å². The number of H-pyrrole nitrogens is 1. The van der Waals surface area contributed by atoms with Crippen molar-refractivity contribution in [2.45, 2.75) is 39.2 Å². The Hall–Kier alpha value is -3.28. The average Bonchev–Trinajstić information content (AvgIpc) is 3.65. The number of hydrogen-bond acceptors (Lipinski definition) is 4. The van der Waals surface area contributed by atoms with E-state index in [1.165, 1.54) is 0 Å². The number of amides is 1. The lowest BCUT2D eigenvalue weighted by Crippen LogP contribution is -2.43. The maximum absolute atomic E-state index is 13.4. The fourth-order valence-electron chi connectivity index (χ4n) is 4.88. The van der Waals surface area contributed by atoms with Crippen molar-refractivity contribution in [3.8, 4) is 11.5 Å². The number of aryl methyl sites for hydroxylation is 2. The summed E-state index contributed by atoms with van der Waals surface area (Å²) in [6, 6.07) is 9.50. The molecule has 32 heavy (non-hydrogen) atoms. The highest BCUT2D eigenvalue weighted by Gasteiger charge is 2.41. The zero-order chi connectivity index (χ0) is 22.6. The van der Waals surface area contributed by atoms with Crippen molar-refractivity contribution in [1.82, 2.24) is 9.88 Å². The van der Waals surface area contributed by atoms with Gasteiger partial charge in [0.05, 0.1) is 25.8 Å². The van der Waals surface area contributed by atoms with Crippen molar-refractivity contribution in [2.75, 3.05) is 20.8 Å². The number of carbonyl (C=O) groups excluding carboxylic acids is 1. The second-order valence-corrected chi connectivity index (χ2v) is 8.91. The topological polar surface area (TPSA) is 71.6 Å². The van der Waals surface area contributed by atoms with Crippen LogP contribution in [0.5, 0.6) is 11.5 Å². The average molecular weight is 433 g/mol. The van der Waals surface area contributed by atoms with Crippen molar-refractivity contribution >= 4 is 16.8 Å². The van der Waals surface area contributed by atoms with Crippen LogP contribution in [0.1, 0.15) is 46.7 Å². The Morgan fingerprint density at radius 1 is 1.00 bits per heavy atom. The molecular formula is C26H28N2O4. The Morgan fingerprint density at radius 3 is 2.38 bits per heavy atom. The fraction of sp³-hybridized carbons (Fsp3) is 0.385. The Labute approximate surface area is 187 Å². The van der Waals surface area contributed by atoms with Crippen LogP contribution in [0.3, 0.4) is 0 Å². The van der Waals surface area contributed by atoms with Gasteiger partial charge in [0.15, 0.2) is 11.5 Å². The number of hydrogen-bond donors (Lipinski definition) is 1. The maximum Gasteiger partial charge on any atom is 0.254 e. The molecule has 2 heterocycles. The molecule has 1 aromatic heterocycles. The van der Waals surface area contributed by atoms with Crippen molar-refractivity contribution in [3.63, 3.8) is 0 Å². The quantitative estimate of drug-likeness (QED) is 0.675. The minimum atomic E-state index is -0.459. The summed E-state index contributed by atoms with van der Waals surface area (Å²) in [5.74, 6) is 1.46. The van der Waals surface area contributed by atoms with Crippen LogP contribution in [0.15, 0.2) is 35.1 Å². The first-order chi connectivity index (χ1) is 15.4. The van der Waals surface area contributed by atoms with Gasteiger partial charge in [-0.1, -0.05) is 12.1 Å². The first-order valence-electron chi connectivity index (χ1n) is 11.1. The summed E-state index contributed by atoms with van der Waals surface area (Å²) in [6.45, 7) is 4.61. The minimum Gasteiger partial charge on any atom is -0.493 e. The molecule has 6 heteroatoms. The van der Waals surface area contributed by atoms with Gasteiger partial charge in [-0.2, -0.15) is 0 Å². The van der Waals surface area contributed by atoms with Crippen LogP contribution in [0.25, 0.3) is 10.9 Å². The summed E-state index contributed by atoms with van der Waals surface area (Å²) in [6.07, 6.45) is 2.56. The Morgan fingerprint density at radius 2 is 1.69 bits per heavy atom. The molecule has 1 N–H and O–H groups in total. The third kappa shape index (κ3) is 3.25. The lowest BCUT2D eigenvalue weighted by molar-refractivity contribution is -0.134. The number of carbonyl (C=O) groups is 1. The molecule has 0 bridgehead atoms. The number of fused-ring (bicyclic) bond motifs is 2. The number of rotatable bonds is 4. The van der Waals surface area contributed by atoms with E-state index in [0.29, 0.717) is 30.0 Å². The second-order valence-electron chi connectivity index (χ2n) is 8.91. The van der Waals surface area contributed by atoms with E-state index >= 15 is 0 Å². The molecule has 5 rings (SSSR count). The number of methoxy groups -OCH3 is 2. The van der Waals surface area contributed by atoms with Crippen LogP contribution in [0, 0.1) is 19.8 Å². The highest BCUT2D eigenvalue weighted by atomic mass is 16.5. The summed E-state index contributed by atoms with van der Waals surface area (Å²) >= 11 is 0. The van der Waals surface area contributed by atoms with Gasteiger partial charge in [-0.15, -0.1) is 0 Å². The zero-order valence-corrected chi connectivity index (χ0v) is 19.0. The number of nitrogens with one attached hydrogen (secondary N) is 1. The van der Waals surface area contributed by atoms with Crippen LogP contribution in [0.2, 0.25) is 0 Å². The monoisotopic (exact) mass is 432 g/mol. The number of nitrogens with zero attached hydrogens (tertiary/aromatic N) is 1. The van der Waals surface area contributed by atoms with E-state index < -0.39 is 6.04 Å². The van der Waals surface area contributed by atoms with Gasteiger partial charge >= 0.3 is 0 Å². The molecule has 166 valence electrons. The number of ether oxygens (including phenoxy) is 2. The molecule has 2 aliphatic rings. The number of pyridine rings is 1. The lowest BCUT2D eigenvalue weighted by atomic mass is 9.87. The fourth-order valence-corrected chi connectivity index (χ4v) is 4.88. The molecule has 0 spiro atoms. The van der Waals surface area contributed by atoms with E-state index in [2.05, 4.69) is 11.1 Å². The minimum absolute atomic E-state index is 0.0720. The highest BCUT2D eigenvalue weighted by molar-refractivity contribution is 5.86. The standard InChI is InChI=1S/C26H28N2O4/c1-14-5-6-15(2)23-18(14)12-20(25(29)27-23)24-19-13-22(32-4)21(31-3)11-17(19)9-10-28(24)26(30)16-7-8-16/h5-6,11-13,16,24H,7-10H2,1-4H3,(H,27,29)/t24-/m1/s1. The third-order valence-corrected chi connectivity index (χ3v) is 6.85. The Kier molecular flexibility index (Phi) is 4.96. The molecular weight excluding hydrogens is 404 g/mol.